The van der Waals surface area contributed by atoms with E-state index in [-0.39, 0.29) is 17.2 Å². The lowest BCUT2D eigenvalue weighted by molar-refractivity contribution is 0.568. The van der Waals surface area contributed by atoms with Crippen molar-refractivity contribution >= 4 is 20.8 Å². The van der Waals surface area contributed by atoms with Gasteiger partial charge in [0.2, 0.25) is 10.0 Å². The highest BCUT2D eigenvalue weighted by molar-refractivity contribution is 7.89. The molecule has 0 aliphatic carbocycles. The van der Waals surface area contributed by atoms with Crippen LogP contribution in [0, 0.1) is 0 Å². The van der Waals surface area contributed by atoms with Gasteiger partial charge in [-0.2, -0.15) is 0 Å². The molecule has 18 heavy (non-hydrogen) atoms. The van der Waals surface area contributed by atoms with E-state index in [1.54, 1.807) is 6.92 Å². The molecular formula is C10H17N3O3S2. The maximum absolute atomic E-state index is 12.1. The van der Waals surface area contributed by atoms with Crippen molar-refractivity contribution in [3.8, 4) is 0 Å². The fourth-order valence-corrected chi connectivity index (χ4v) is 3.87. The van der Waals surface area contributed by atoms with Crippen LogP contribution in [0.1, 0.15) is 12.6 Å². The number of pyridine rings is 1. The Morgan fingerprint density at radius 2 is 2.22 bits per heavy atom. The van der Waals surface area contributed by atoms with Gasteiger partial charge in [0.15, 0.2) is 0 Å². The monoisotopic (exact) mass is 291 g/mol. The molecule has 102 valence electrons. The molecule has 6 nitrogen and oxygen atoms in total. The molecule has 1 rings (SSSR count). The number of nitrogens with zero attached hydrogens (tertiary/aromatic N) is 1. The second-order valence-electron chi connectivity index (χ2n) is 3.91. The van der Waals surface area contributed by atoms with Crippen LogP contribution in [0.5, 0.6) is 0 Å². The Bertz CT molecular complexity index is 531. The Kier molecular flexibility index (Phi) is 5.39. The summed E-state index contributed by atoms with van der Waals surface area (Å²) in [6.45, 7) is 1.71. The second-order valence-corrected chi connectivity index (χ2v) is 7.08. The molecule has 0 saturated heterocycles. The molecule has 0 aromatic carbocycles. The van der Waals surface area contributed by atoms with Crippen molar-refractivity contribution in [2.75, 3.05) is 12.0 Å². The van der Waals surface area contributed by atoms with E-state index >= 15 is 0 Å². The molecule has 1 aromatic heterocycles. The standard InChI is InChI=1S/C10H17N3O3S2/c1-8(7-17(2)14)13-18(15,16)10-4-3-5-12-9(10)6-11/h3-5,8,13H,6-7,11H2,1-2H3. The van der Waals surface area contributed by atoms with Gasteiger partial charge in [0, 0.05) is 41.6 Å². The Morgan fingerprint density at radius 3 is 2.78 bits per heavy atom. The molecule has 8 heteroatoms. The third-order valence-corrected chi connectivity index (χ3v) is 4.81. The fourth-order valence-electron chi connectivity index (χ4n) is 1.54. The van der Waals surface area contributed by atoms with E-state index < -0.39 is 26.9 Å². The van der Waals surface area contributed by atoms with E-state index in [4.69, 9.17) is 5.73 Å². The van der Waals surface area contributed by atoms with Gasteiger partial charge in [-0.25, -0.2) is 13.1 Å². The lowest BCUT2D eigenvalue weighted by Gasteiger charge is -2.14. The van der Waals surface area contributed by atoms with E-state index in [0.717, 1.165) is 0 Å². The van der Waals surface area contributed by atoms with E-state index in [0.29, 0.717) is 5.69 Å². The molecule has 0 fully saturated rings. The quantitative estimate of drug-likeness (QED) is 0.741. The third-order valence-electron chi connectivity index (χ3n) is 2.17. The summed E-state index contributed by atoms with van der Waals surface area (Å²) in [7, 11) is -4.74. The maximum Gasteiger partial charge on any atom is 0.242 e. The molecule has 1 heterocycles. The van der Waals surface area contributed by atoms with Crippen LogP contribution in [0.25, 0.3) is 0 Å². The van der Waals surface area contributed by atoms with Crippen molar-refractivity contribution in [1.29, 1.82) is 0 Å². The van der Waals surface area contributed by atoms with Gasteiger partial charge in [0.25, 0.3) is 0 Å². The molecule has 0 aliphatic rings. The summed E-state index contributed by atoms with van der Waals surface area (Å²) < 4.78 is 37.7. The van der Waals surface area contributed by atoms with Gasteiger partial charge in [-0.05, 0) is 19.1 Å². The largest absolute Gasteiger partial charge is 0.325 e. The lowest BCUT2D eigenvalue weighted by Crippen LogP contribution is -2.36. The first-order valence-electron chi connectivity index (χ1n) is 5.33. The predicted octanol–water partition coefficient (Wildman–Crippen LogP) is -0.414. The normalized spacial score (nSPS) is 15.3. The number of hydrogen-bond donors (Lipinski definition) is 2. The molecule has 0 saturated carbocycles. The van der Waals surface area contributed by atoms with Crippen LogP contribution in [0.2, 0.25) is 0 Å². The number of sulfonamides is 1. The number of rotatable bonds is 6. The van der Waals surface area contributed by atoms with Gasteiger partial charge < -0.3 is 5.73 Å². The summed E-state index contributed by atoms with van der Waals surface area (Å²) in [5.41, 5.74) is 5.77. The van der Waals surface area contributed by atoms with Gasteiger partial charge in [0.1, 0.15) is 4.90 Å². The Hall–Kier alpha value is -0.830. The molecule has 2 unspecified atom stereocenters. The fraction of sp³-hybridized carbons (Fsp3) is 0.500. The minimum absolute atomic E-state index is 0.0468. The highest BCUT2D eigenvalue weighted by Gasteiger charge is 2.21. The first kappa shape index (κ1) is 15.2. The van der Waals surface area contributed by atoms with E-state index in [2.05, 4.69) is 9.71 Å². The van der Waals surface area contributed by atoms with Crippen LogP contribution < -0.4 is 10.5 Å². The molecular weight excluding hydrogens is 274 g/mol. The van der Waals surface area contributed by atoms with Crippen molar-refractivity contribution in [3.05, 3.63) is 24.0 Å². The van der Waals surface area contributed by atoms with Gasteiger partial charge in [-0.15, -0.1) is 0 Å². The predicted molar refractivity (Wildman–Crippen MR) is 70.8 cm³/mol. The molecule has 3 N–H and O–H groups in total. The molecule has 0 bridgehead atoms. The first-order valence-corrected chi connectivity index (χ1v) is 8.54. The van der Waals surface area contributed by atoms with Gasteiger partial charge in [0.05, 0.1) is 5.69 Å². The van der Waals surface area contributed by atoms with Crippen LogP contribution in [0.15, 0.2) is 23.2 Å². The molecule has 2 atom stereocenters. The number of hydrogen-bond acceptors (Lipinski definition) is 5. The van der Waals surface area contributed by atoms with Crippen molar-refractivity contribution < 1.29 is 12.6 Å². The van der Waals surface area contributed by atoms with Crippen LogP contribution in [0.4, 0.5) is 0 Å². The van der Waals surface area contributed by atoms with Crippen molar-refractivity contribution in [3.63, 3.8) is 0 Å². The zero-order chi connectivity index (χ0) is 13.8. The minimum Gasteiger partial charge on any atom is -0.325 e. The summed E-state index contributed by atoms with van der Waals surface area (Å²) in [4.78, 5) is 4.00. The number of nitrogens with one attached hydrogen (secondary N) is 1. The highest BCUT2D eigenvalue weighted by Crippen LogP contribution is 2.12. The third kappa shape index (κ3) is 4.13. The number of aromatic nitrogens is 1. The van der Waals surface area contributed by atoms with E-state index in [9.17, 15) is 12.6 Å². The Balaban J connectivity index is 2.96. The lowest BCUT2D eigenvalue weighted by atomic mass is 10.3. The molecule has 1 aromatic rings. The summed E-state index contributed by atoms with van der Waals surface area (Å²) in [6.07, 6.45) is 3.02. The first-order chi connectivity index (χ1) is 8.36. The zero-order valence-corrected chi connectivity index (χ0v) is 11.9. The highest BCUT2D eigenvalue weighted by atomic mass is 32.2. The Morgan fingerprint density at radius 1 is 1.56 bits per heavy atom. The summed E-state index contributed by atoms with van der Waals surface area (Å²) in [5, 5.41) is 0. The van der Waals surface area contributed by atoms with Crippen molar-refractivity contribution in [2.24, 2.45) is 5.73 Å². The molecule has 0 spiro atoms. The summed E-state index contributed by atoms with van der Waals surface area (Å²) >= 11 is 0. The minimum atomic E-state index is -3.67. The van der Waals surface area contributed by atoms with Crippen LogP contribution in [-0.4, -0.2) is 35.7 Å². The molecule has 0 amide bonds. The Labute approximate surface area is 110 Å². The maximum atomic E-state index is 12.1. The molecule has 0 aliphatic heterocycles. The van der Waals surface area contributed by atoms with Crippen LogP contribution in [-0.2, 0) is 27.4 Å². The van der Waals surface area contributed by atoms with Gasteiger partial charge >= 0.3 is 0 Å². The average molecular weight is 291 g/mol. The zero-order valence-electron chi connectivity index (χ0n) is 10.3. The van der Waals surface area contributed by atoms with Crippen LogP contribution in [0.3, 0.4) is 0 Å². The van der Waals surface area contributed by atoms with Crippen molar-refractivity contribution in [2.45, 2.75) is 24.4 Å². The SMILES string of the molecule is CC(CS(C)=O)NS(=O)(=O)c1cccnc1CN. The summed E-state index contributed by atoms with van der Waals surface area (Å²) in [5.74, 6) is 0.261. The number of nitrogens with two attached hydrogens (primary N) is 1. The van der Waals surface area contributed by atoms with Gasteiger partial charge in [-0.3, -0.25) is 9.19 Å². The topological polar surface area (TPSA) is 102 Å². The van der Waals surface area contributed by atoms with Crippen molar-refractivity contribution in [1.82, 2.24) is 9.71 Å². The second kappa shape index (κ2) is 6.37. The van der Waals surface area contributed by atoms with E-state index in [1.165, 1.54) is 24.6 Å². The van der Waals surface area contributed by atoms with E-state index in [1.807, 2.05) is 0 Å². The smallest absolute Gasteiger partial charge is 0.242 e. The van der Waals surface area contributed by atoms with Crippen LogP contribution >= 0.6 is 0 Å². The van der Waals surface area contributed by atoms with Gasteiger partial charge in [-0.1, -0.05) is 0 Å². The summed E-state index contributed by atoms with van der Waals surface area (Å²) in [6, 6.07) is 2.58. The molecule has 0 radical (unpaired) electrons. The average Bonchev–Trinajstić information content (AvgIpc) is 2.27.